The Morgan fingerprint density at radius 1 is 0.302 bits per heavy atom. The summed E-state index contributed by atoms with van der Waals surface area (Å²) in [5.74, 6) is 0.803. The van der Waals surface area contributed by atoms with E-state index in [0.717, 1.165) is 61.2 Å². The van der Waals surface area contributed by atoms with Gasteiger partial charge in [-0.15, -0.1) is 0 Å². The molecule has 4 aromatic heterocycles. The lowest BCUT2D eigenvalue weighted by atomic mass is 10.0. The smallest absolute Gasteiger partial charge is 0.165 e. The van der Waals surface area contributed by atoms with Crippen LogP contribution < -0.4 is 0 Å². The Labute approximate surface area is 360 Å². The molecule has 0 radical (unpaired) electrons. The van der Waals surface area contributed by atoms with Gasteiger partial charge in [-0.05, 0) is 82.9 Å². The summed E-state index contributed by atoms with van der Waals surface area (Å²) in [5, 5.41) is 12.1. The first kappa shape index (κ1) is 34.2. The van der Waals surface area contributed by atoms with E-state index in [1.54, 1.807) is 0 Å². The van der Waals surface area contributed by atoms with Gasteiger partial charge in [0.15, 0.2) is 5.82 Å². The highest BCUT2D eigenvalue weighted by molar-refractivity contribution is 6.29. The van der Waals surface area contributed by atoms with Gasteiger partial charge in [-0.1, -0.05) is 146 Å². The molecule has 0 fully saturated rings. The Bertz CT molecular complexity index is 4220. The predicted octanol–water partition coefficient (Wildman–Crippen LogP) is 14.9. The molecule has 0 saturated carbocycles. The highest BCUT2D eigenvalue weighted by atomic mass is 15.1. The third-order valence-electron chi connectivity index (χ3n) is 13.2. The van der Waals surface area contributed by atoms with Crippen molar-refractivity contribution in [3.8, 4) is 28.5 Å². The maximum Gasteiger partial charge on any atom is 0.165 e. The summed E-state index contributed by atoms with van der Waals surface area (Å²) in [6.07, 6.45) is 0. The first-order valence-corrected chi connectivity index (χ1v) is 21.5. The lowest BCUT2D eigenvalue weighted by Crippen LogP contribution is -2.04. The summed E-state index contributed by atoms with van der Waals surface area (Å²) in [4.78, 5) is 10.8. The number of nitrogens with zero attached hydrogens (tertiary/aromatic N) is 5. The minimum Gasteiger partial charge on any atom is -0.309 e. The second kappa shape index (κ2) is 13.0. The van der Waals surface area contributed by atoms with Crippen molar-refractivity contribution < 1.29 is 0 Å². The van der Waals surface area contributed by atoms with E-state index in [2.05, 4.69) is 214 Å². The van der Waals surface area contributed by atoms with E-state index in [9.17, 15) is 0 Å². The fourth-order valence-electron chi connectivity index (χ4n) is 10.5. The molecule has 14 rings (SSSR count). The van der Waals surface area contributed by atoms with Crippen LogP contribution in [0.3, 0.4) is 0 Å². The first-order chi connectivity index (χ1) is 31.3. The number of para-hydroxylation sites is 5. The molecule has 0 N–H and O–H groups in total. The van der Waals surface area contributed by atoms with E-state index < -0.39 is 0 Å². The first-order valence-electron chi connectivity index (χ1n) is 21.5. The van der Waals surface area contributed by atoms with Gasteiger partial charge in [-0.2, -0.15) is 0 Å². The fourth-order valence-corrected chi connectivity index (χ4v) is 10.5. The van der Waals surface area contributed by atoms with Gasteiger partial charge < -0.3 is 9.13 Å². The SMILES string of the molecule is c1ccc2cc(-c3nc4ccccc4nc3-n3c4ccccc4c4ccc(-n5c6ccccc6c6c7c8ccccc8n(-c8cccc9ccccc89)c7ccc65)cc43)ccc2c1. The van der Waals surface area contributed by atoms with Gasteiger partial charge in [-0.25, -0.2) is 9.97 Å². The van der Waals surface area contributed by atoms with Crippen LogP contribution in [-0.4, -0.2) is 23.7 Å². The standard InChI is InChI=1S/C58H35N5/c1-2-16-38-34-39(29-28-36(38)14-1)57-58(60-47-23-9-8-22-46(47)59-57)63-49-24-10-5-19-42(49)43-31-30-40(35-54(43)63)61-50-25-11-6-20-44(50)55-52(61)32-33-53-56(55)45-21-7-12-26-51(45)62(53)48-27-13-17-37-15-3-4-18-41(37)48/h1-35H. The summed E-state index contributed by atoms with van der Waals surface area (Å²) in [6, 6.07) is 76.6. The van der Waals surface area contributed by atoms with Gasteiger partial charge in [-0.3, -0.25) is 4.57 Å². The number of hydrogen-bond donors (Lipinski definition) is 0. The van der Waals surface area contributed by atoms with E-state index >= 15 is 0 Å². The molecular formula is C58H35N5. The van der Waals surface area contributed by atoms with Crippen LogP contribution in [0.5, 0.6) is 0 Å². The van der Waals surface area contributed by atoms with E-state index in [1.807, 2.05) is 12.1 Å². The number of hydrogen-bond acceptors (Lipinski definition) is 2. The molecule has 4 heterocycles. The molecule has 0 atom stereocenters. The van der Waals surface area contributed by atoms with Crippen LogP contribution in [0.1, 0.15) is 0 Å². The Hall–Kier alpha value is -8.54. The summed E-state index contributed by atoms with van der Waals surface area (Å²) in [6.45, 7) is 0. The van der Waals surface area contributed by atoms with Crippen molar-refractivity contribution >= 4 is 98.0 Å². The van der Waals surface area contributed by atoms with Crippen LogP contribution >= 0.6 is 0 Å². The zero-order valence-electron chi connectivity index (χ0n) is 33.9. The Kier molecular flexibility index (Phi) is 7.05. The van der Waals surface area contributed by atoms with Crippen molar-refractivity contribution in [2.24, 2.45) is 0 Å². The van der Waals surface area contributed by atoms with E-state index in [0.29, 0.717) is 0 Å². The molecule has 10 aromatic carbocycles. The average molecular weight is 802 g/mol. The molecule has 5 nitrogen and oxygen atoms in total. The Morgan fingerprint density at radius 2 is 0.857 bits per heavy atom. The van der Waals surface area contributed by atoms with Gasteiger partial charge >= 0.3 is 0 Å². The Morgan fingerprint density at radius 3 is 1.62 bits per heavy atom. The second-order valence-corrected chi connectivity index (χ2v) is 16.6. The van der Waals surface area contributed by atoms with Crippen LogP contribution in [0, 0.1) is 0 Å². The van der Waals surface area contributed by atoms with Crippen LogP contribution in [0.2, 0.25) is 0 Å². The molecule has 0 aliphatic carbocycles. The maximum absolute atomic E-state index is 5.47. The molecule has 0 amide bonds. The maximum atomic E-state index is 5.47. The molecule has 5 heteroatoms. The van der Waals surface area contributed by atoms with Crippen molar-refractivity contribution in [1.82, 2.24) is 23.7 Å². The highest BCUT2D eigenvalue weighted by Gasteiger charge is 2.24. The minimum atomic E-state index is 0.803. The van der Waals surface area contributed by atoms with Crippen LogP contribution in [0.25, 0.3) is 126 Å². The zero-order valence-corrected chi connectivity index (χ0v) is 33.9. The molecular weight excluding hydrogens is 767 g/mol. The number of rotatable bonds is 4. The normalized spacial score (nSPS) is 12.1. The Balaban J connectivity index is 1.07. The van der Waals surface area contributed by atoms with Crippen molar-refractivity contribution in [1.29, 1.82) is 0 Å². The quantitative estimate of drug-likeness (QED) is 0.178. The lowest BCUT2D eigenvalue weighted by Gasteiger charge is -2.15. The molecule has 14 aromatic rings. The third-order valence-corrected chi connectivity index (χ3v) is 13.2. The van der Waals surface area contributed by atoms with E-state index in [1.165, 1.54) is 65.2 Å². The molecule has 0 unspecified atom stereocenters. The summed E-state index contributed by atoms with van der Waals surface area (Å²) in [7, 11) is 0. The van der Waals surface area contributed by atoms with Crippen molar-refractivity contribution in [2.45, 2.75) is 0 Å². The van der Waals surface area contributed by atoms with Crippen molar-refractivity contribution in [2.75, 3.05) is 0 Å². The van der Waals surface area contributed by atoms with Crippen molar-refractivity contribution in [3.05, 3.63) is 212 Å². The average Bonchev–Trinajstić information content (AvgIpc) is 3.98. The monoisotopic (exact) mass is 801 g/mol. The largest absolute Gasteiger partial charge is 0.309 e. The second-order valence-electron chi connectivity index (χ2n) is 16.6. The molecule has 63 heavy (non-hydrogen) atoms. The topological polar surface area (TPSA) is 40.6 Å². The molecule has 0 bridgehead atoms. The summed E-state index contributed by atoms with van der Waals surface area (Å²) in [5.41, 5.74) is 12.7. The number of aromatic nitrogens is 5. The predicted molar refractivity (Wildman–Crippen MR) is 263 cm³/mol. The summed E-state index contributed by atoms with van der Waals surface area (Å²) >= 11 is 0. The molecule has 0 aliphatic heterocycles. The van der Waals surface area contributed by atoms with Crippen LogP contribution in [0.15, 0.2) is 212 Å². The van der Waals surface area contributed by atoms with E-state index in [-0.39, 0.29) is 0 Å². The van der Waals surface area contributed by atoms with Crippen LogP contribution in [0.4, 0.5) is 0 Å². The molecule has 292 valence electrons. The van der Waals surface area contributed by atoms with Gasteiger partial charge in [0.1, 0.15) is 5.69 Å². The van der Waals surface area contributed by atoms with Crippen LogP contribution in [-0.2, 0) is 0 Å². The van der Waals surface area contributed by atoms with E-state index in [4.69, 9.17) is 9.97 Å². The zero-order chi connectivity index (χ0) is 41.2. The third kappa shape index (κ3) is 4.87. The number of fused-ring (bicyclic) bond motifs is 13. The van der Waals surface area contributed by atoms with Gasteiger partial charge in [0, 0.05) is 49.0 Å². The minimum absolute atomic E-state index is 0.803. The van der Waals surface area contributed by atoms with Crippen molar-refractivity contribution in [3.63, 3.8) is 0 Å². The molecule has 0 saturated heterocycles. The number of benzene rings is 10. The highest BCUT2D eigenvalue weighted by Crippen LogP contribution is 2.44. The molecule has 0 spiro atoms. The summed E-state index contributed by atoms with van der Waals surface area (Å²) < 4.78 is 7.24. The molecule has 0 aliphatic rings. The van der Waals surface area contributed by atoms with Gasteiger partial charge in [0.05, 0.1) is 49.8 Å². The van der Waals surface area contributed by atoms with Gasteiger partial charge in [0.25, 0.3) is 0 Å². The fraction of sp³-hybridized carbons (Fsp3) is 0. The lowest BCUT2D eigenvalue weighted by molar-refractivity contribution is 1.08. The van der Waals surface area contributed by atoms with Gasteiger partial charge in [0.2, 0.25) is 0 Å².